The molecule has 0 saturated heterocycles. The zero-order valence-corrected chi connectivity index (χ0v) is 13.7. The number of anilines is 1. The van der Waals surface area contributed by atoms with Crippen molar-refractivity contribution < 1.29 is 14.7 Å². The van der Waals surface area contributed by atoms with Crippen LogP contribution in [0.15, 0.2) is 54.6 Å². The van der Waals surface area contributed by atoms with Crippen molar-refractivity contribution in [2.24, 2.45) is 0 Å². The SMILES string of the molecule is O=C(O)c1cc(NC(=O)c2cccc3ccccc23)c(Cl)cc1Cl. The number of hydrogen-bond acceptors (Lipinski definition) is 2. The van der Waals surface area contributed by atoms with Gasteiger partial charge in [-0.3, -0.25) is 4.79 Å². The van der Waals surface area contributed by atoms with Crippen LogP contribution in [0.1, 0.15) is 20.7 Å². The van der Waals surface area contributed by atoms with E-state index >= 15 is 0 Å². The highest BCUT2D eigenvalue weighted by atomic mass is 35.5. The Bertz CT molecular complexity index is 964. The monoisotopic (exact) mass is 359 g/mol. The Kier molecular flexibility index (Phi) is 4.42. The van der Waals surface area contributed by atoms with Crippen molar-refractivity contribution in [2.45, 2.75) is 0 Å². The fourth-order valence-electron chi connectivity index (χ4n) is 2.42. The second-order valence-electron chi connectivity index (χ2n) is 5.10. The smallest absolute Gasteiger partial charge is 0.337 e. The summed E-state index contributed by atoms with van der Waals surface area (Å²) in [6, 6.07) is 15.4. The second-order valence-corrected chi connectivity index (χ2v) is 5.91. The molecule has 3 rings (SSSR count). The summed E-state index contributed by atoms with van der Waals surface area (Å²) in [5.74, 6) is -1.58. The molecule has 0 fully saturated rings. The van der Waals surface area contributed by atoms with Crippen LogP contribution in [0.25, 0.3) is 10.8 Å². The van der Waals surface area contributed by atoms with E-state index in [2.05, 4.69) is 5.32 Å². The van der Waals surface area contributed by atoms with Crippen molar-refractivity contribution in [3.63, 3.8) is 0 Å². The van der Waals surface area contributed by atoms with Gasteiger partial charge in [0.25, 0.3) is 5.91 Å². The highest BCUT2D eigenvalue weighted by molar-refractivity contribution is 6.38. The Morgan fingerprint density at radius 3 is 2.33 bits per heavy atom. The molecule has 0 aromatic heterocycles. The van der Waals surface area contributed by atoms with Crippen LogP contribution in [0.2, 0.25) is 10.0 Å². The van der Waals surface area contributed by atoms with E-state index in [-0.39, 0.29) is 27.2 Å². The number of aromatic carboxylic acids is 1. The minimum absolute atomic E-state index is 0.00987. The molecule has 0 unspecified atom stereocenters. The van der Waals surface area contributed by atoms with Crippen LogP contribution >= 0.6 is 23.2 Å². The topological polar surface area (TPSA) is 66.4 Å². The van der Waals surface area contributed by atoms with Crippen LogP contribution in [0.4, 0.5) is 5.69 Å². The molecule has 3 aromatic rings. The van der Waals surface area contributed by atoms with Crippen LogP contribution in [0.5, 0.6) is 0 Å². The predicted molar refractivity (Wildman–Crippen MR) is 95.3 cm³/mol. The highest BCUT2D eigenvalue weighted by Gasteiger charge is 2.16. The van der Waals surface area contributed by atoms with Crippen molar-refractivity contribution in [3.8, 4) is 0 Å². The number of benzene rings is 3. The first kappa shape index (κ1) is 16.3. The Morgan fingerprint density at radius 2 is 1.58 bits per heavy atom. The lowest BCUT2D eigenvalue weighted by molar-refractivity contribution is 0.0696. The predicted octanol–water partition coefficient (Wildman–Crippen LogP) is 5.10. The third-order valence-corrected chi connectivity index (χ3v) is 4.20. The van der Waals surface area contributed by atoms with Gasteiger partial charge in [-0.1, -0.05) is 59.6 Å². The van der Waals surface area contributed by atoms with Crippen LogP contribution in [-0.2, 0) is 0 Å². The number of carboxylic acids is 1. The van der Waals surface area contributed by atoms with Gasteiger partial charge in [-0.15, -0.1) is 0 Å². The quantitative estimate of drug-likeness (QED) is 0.683. The number of hydrogen-bond donors (Lipinski definition) is 2. The van der Waals surface area contributed by atoms with Gasteiger partial charge in [0.1, 0.15) is 0 Å². The normalized spacial score (nSPS) is 10.6. The van der Waals surface area contributed by atoms with Crippen molar-refractivity contribution in [3.05, 3.63) is 75.8 Å². The molecule has 24 heavy (non-hydrogen) atoms. The second kappa shape index (κ2) is 6.51. The van der Waals surface area contributed by atoms with Crippen LogP contribution in [0.3, 0.4) is 0 Å². The summed E-state index contributed by atoms with van der Waals surface area (Å²) in [4.78, 5) is 23.8. The molecule has 1 amide bonds. The van der Waals surface area contributed by atoms with Gasteiger partial charge in [-0.2, -0.15) is 0 Å². The molecular weight excluding hydrogens is 349 g/mol. The maximum Gasteiger partial charge on any atom is 0.337 e. The Balaban J connectivity index is 2.01. The van der Waals surface area contributed by atoms with E-state index in [9.17, 15) is 9.59 Å². The summed E-state index contributed by atoms with van der Waals surface area (Å²) in [5.41, 5.74) is 0.529. The number of nitrogens with one attached hydrogen (secondary N) is 1. The van der Waals surface area contributed by atoms with Crippen molar-refractivity contribution >= 4 is 51.5 Å². The number of carbonyl (C=O) groups excluding carboxylic acids is 1. The summed E-state index contributed by atoms with van der Waals surface area (Å²) in [6.07, 6.45) is 0. The summed E-state index contributed by atoms with van der Waals surface area (Å²) in [7, 11) is 0. The van der Waals surface area contributed by atoms with E-state index in [0.29, 0.717) is 5.56 Å². The van der Waals surface area contributed by atoms with Gasteiger partial charge in [-0.05, 0) is 29.0 Å². The molecule has 0 aliphatic carbocycles. The van der Waals surface area contributed by atoms with E-state index in [0.717, 1.165) is 10.8 Å². The maximum absolute atomic E-state index is 12.6. The maximum atomic E-state index is 12.6. The lowest BCUT2D eigenvalue weighted by Crippen LogP contribution is -2.13. The van der Waals surface area contributed by atoms with E-state index in [1.807, 2.05) is 30.3 Å². The van der Waals surface area contributed by atoms with Crippen LogP contribution < -0.4 is 5.32 Å². The Labute approximate surface area is 147 Å². The highest BCUT2D eigenvalue weighted by Crippen LogP contribution is 2.30. The minimum Gasteiger partial charge on any atom is -0.478 e. The number of carbonyl (C=O) groups is 2. The van der Waals surface area contributed by atoms with E-state index < -0.39 is 5.97 Å². The average molecular weight is 360 g/mol. The van der Waals surface area contributed by atoms with Gasteiger partial charge in [0.2, 0.25) is 0 Å². The lowest BCUT2D eigenvalue weighted by Gasteiger charge is -2.11. The van der Waals surface area contributed by atoms with Gasteiger partial charge >= 0.3 is 5.97 Å². The Morgan fingerprint density at radius 1 is 0.875 bits per heavy atom. The number of fused-ring (bicyclic) bond motifs is 1. The standard InChI is InChI=1S/C18H11Cl2NO3/c19-14-9-15(20)16(8-13(14)18(23)24)21-17(22)12-7-3-5-10-4-1-2-6-11(10)12/h1-9H,(H,21,22)(H,23,24). The van der Waals surface area contributed by atoms with Gasteiger partial charge in [0.15, 0.2) is 0 Å². The first-order valence-electron chi connectivity index (χ1n) is 6.99. The Hall–Kier alpha value is -2.56. The molecule has 2 N–H and O–H groups in total. The van der Waals surface area contributed by atoms with Crippen molar-refractivity contribution in [1.82, 2.24) is 0 Å². The van der Waals surface area contributed by atoms with Gasteiger partial charge in [0, 0.05) is 5.56 Å². The summed E-state index contributed by atoms with van der Waals surface area (Å²) in [6.45, 7) is 0. The summed E-state index contributed by atoms with van der Waals surface area (Å²) >= 11 is 11.9. The summed E-state index contributed by atoms with van der Waals surface area (Å²) < 4.78 is 0. The fraction of sp³-hybridized carbons (Fsp3) is 0. The fourth-order valence-corrected chi connectivity index (χ4v) is 2.93. The number of rotatable bonds is 3. The molecule has 4 nitrogen and oxygen atoms in total. The summed E-state index contributed by atoms with van der Waals surface area (Å²) in [5, 5.41) is 13.7. The number of carboxylic acid groups (broad SMARTS) is 1. The minimum atomic E-state index is -1.20. The molecule has 0 atom stereocenters. The molecule has 3 aromatic carbocycles. The van der Waals surface area contributed by atoms with Crippen LogP contribution in [-0.4, -0.2) is 17.0 Å². The molecule has 0 aliphatic heterocycles. The van der Waals surface area contributed by atoms with Crippen molar-refractivity contribution in [1.29, 1.82) is 0 Å². The van der Waals surface area contributed by atoms with E-state index in [1.165, 1.54) is 12.1 Å². The van der Waals surface area contributed by atoms with Crippen LogP contribution in [0, 0.1) is 0 Å². The molecule has 0 spiro atoms. The van der Waals surface area contributed by atoms with E-state index in [1.54, 1.807) is 12.1 Å². The number of halogens is 2. The molecular formula is C18H11Cl2NO3. The molecule has 0 radical (unpaired) electrons. The molecule has 0 aliphatic rings. The van der Waals surface area contributed by atoms with Crippen molar-refractivity contribution in [2.75, 3.05) is 5.32 Å². The van der Waals surface area contributed by atoms with E-state index in [4.69, 9.17) is 28.3 Å². The number of amides is 1. The first-order chi connectivity index (χ1) is 11.5. The molecule has 120 valence electrons. The molecule has 6 heteroatoms. The van der Waals surface area contributed by atoms with Gasteiger partial charge in [0.05, 0.1) is 21.3 Å². The zero-order valence-electron chi connectivity index (χ0n) is 12.2. The van der Waals surface area contributed by atoms with Gasteiger partial charge in [-0.25, -0.2) is 4.79 Å². The zero-order chi connectivity index (χ0) is 17.3. The average Bonchev–Trinajstić information content (AvgIpc) is 2.56. The molecule has 0 heterocycles. The third-order valence-electron chi connectivity index (χ3n) is 3.57. The lowest BCUT2D eigenvalue weighted by atomic mass is 10.0. The largest absolute Gasteiger partial charge is 0.478 e. The van der Waals surface area contributed by atoms with Gasteiger partial charge < -0.3 is 10.4 Å². The molecule has 0 saturated carbocycles. The first-order valence-corrected chi connectivity index (χ1v) is 7.74. The molecule has 0 bridgehead atoms. The third kappa shape index (κ3) is 3.07.